The van der Waals surface area contributed by atoms with Gasteiger partial charge in [0.2, 0.25) is 11.8 Å². The van der Waals surface area contributed by atoms with Crippen molar-refractivity contribution in [1.82, 2.24) is 20.2 Å². The highest BCUT2D eigenvalue weighted by molar-refractivity contribution is 5.80. The van der Waals surface area contributed by atoms with Crippen LogP contribution in [0.2, 0.25) is 0 Å². The molecule has 1 aliphatic rings. The summed E-state index contributed by atoms with van der Waals surface area (Å²) in [4.78, 5) is 8.03. The number of H-pyrrole nitrogens is 1. The monoisotopic (exact) mass is 191 g/mol. The Morgan fingerprint density at radius 3 is 3.07 bits per heavy atom. The molecule has 0 bridgehead atoms. The summed E-state index contributed by atoms with van der Waals surface area (Å²) < 4.78 is 5.59. The number of aromatic nitrogens is 4. The molecule has 3 rings (SSSR count). The molecule has 6 heteroatoms. The molecule has 0 radical (unpaired) electrons. The minimum atomic E-state index is 0.206. The Kier molecular flexibility index (Phi) is 1.38. The van der Waals surface area contributed by atoms with E-state index in [1.54, 1.807) is 6.20 Å². The first kappa shape index (κ1) is 7.54. The maximum Gasteiger partial charge on any atom is 0.229 e. The lowest BCUT2D eigenvalue weighted by Gasteiger charge is -2.03. The number of nitrogen functional groups attached to an aromatic ring is 1. The molecule has 6 nitrogen and oxygen atoms in total. The average molecular weight is 191 g/mol. The number of anilines is 1. The lowest BCUT2D eigenvalue weighted by molar-refractivity contribution is 0.295. The molecule has 0 saturated heterocycles. The number of rotatable bonds is 2. The molecule has 1 aliphatic carbocycles. The second-order valence-corrected chi connectivity index (χ2v) is 3.34. The van der Waals surface area contributed by atoms with Crippen molar-refractivity contribution in [2.45, 2.75) is 18.9 Å². The SMILES string of the molecule is Nc1nc(OC2CC2)c2cn[nH]c2n1. The van der Waals surface area contributed by atoms with Crippen LogP contribution in [0.15, 0.2) is 6.20 Å². The zero-order chi connectivity index (χ0) is 9.54. The fourth-order valence-electron chi connectivity index (χ4n) is 1.26. The van der Waals surface area contributed by atoms with Gasteiger partial charge in [0, 0.05) is 0 Å². The zero-order valence-electron chi connectivity index (χ0n) is 7.40. The molecular formula is C8H9N5O. The van der Waals surface area contributed by atoms with Crippen molar-refractivity contribution in [2.24, 2.45) is 0 Å². The van der Waals surface area contributed by atoms with E-state index in [2.05, 4.69) is 20.2 Å². The molecule has 2 heterocycles. The summed E-state index contributed by atoms with van der Waals surface area (Å²) in [7, 11) is 0. The van der Waals surface area contributed by atoms with Gasteiger partial charge in [0.1, 0.15) is 11.5 Å². The minimum Gasteiger partial charge on any atom is -0.474 e. The van der Waals surface area contributed by atoms with Gasteiger partial charge >= 0.3 is 0 Å². The van der Waals surface area contributed by atoms with E-state index in [0.717, 1.165) is 18.2 Å². The first-order chi connectivity index (χ1) is 6.83. The lowest BCUT2D eigenvalue weighted by Crippen LogP contribution is -2.02. The van der Waals surface area contributed by atoms with Gasteiger partial charge in [0.05, 0.1) is 6.20 Å². The summed E-state index contributed by atoms with van der Waals surface area (Å²) in [6.07, 6.45) is 4.11. The number of hydrogen-bond donors (Lipinski definition) is 2. The molecule has 2 aromatic rings. The summed E-state index contributed by atoms with van der Waals surface area (Å²) in [5, 5.41) is 7.38. The number of hydrogen-bond acceptors (Lipinski definition) is 5. The minimum absolute atomic E-state index is 0.206. The van der Waals surface area contributed by atoms with Crippen LogP contribution in [0, 0.1) is 0 Å². The summed E-state index contributed by atoms with van der Waals surface area (Å²) >= 11 is 0. The van der Waals surface area contributed by atoms with Crippen molar-refractivity contribution in [3.05, 3.63) is 6.20 Å². The first-order valence-electron chi connectivity index (χ1n) is 4.46. The number of aromatic amines is 1. The van der Waals surface area contributed by atoms with Crippen molar-refractivity contribution >= 4 is 17.0 Å². The van der Waals surface area contributed by atoms with Crippen molar-refractivity contribution in [1.29, 1.82) is 0 Å². The van der Waals surface area contributed by atoms with Crippen LogP contribution in [-0.4, -0.2) is 26.3 Å². The third kappa shape index (κ3) is 1.15. The summed E-state index contributed by atoms with van der Waals surface area (Å²) in [6.45, 7) is 0. The predicted octanol–water partition coefficient (Wildman–Crippen LogP) is 0.476. The van der Waals surface area contributed by atoms with E-state index in [1.165, 1.54) is 0 Å². The van der Waals surface area contributed by atoms with Gasteiger partial charge in [-0.05, 0) is 12.8 Å². The van der Waals surface area contributed by atoms with Gasteiger partial charge in [-0.3, -0.25) is 5.10 Å². The molecule has 14 heavy (non-hydrogen) atoms. The van der Waals surface area contributed by atoms with E-state index in [4.69, 9.17) is 10.5 Å². The highest BCUT2D eigenvalue weighted by Crippen LogP contribution is 2.29. The second kappa shape index (κ2) is 2.57. The van der Waals surface area contributed by atoms with Gasteiger partial charge in [0.25, 0.3) is 0 Å². The standard InChI is InChI=1S/C8H9N5O/c9-8-11-6-5(3-10-13-6)7(12-8)14-4-1-2-4/h3-4H,1-2H2,(H3,9,10,11,12,13). The van der Waals surface area contributed by atoms with Gasteiger partial charge in [-0.25, -0.2) is 0 Å². The van der Waals surface area contributed by atoms with Gasteiger partial charge in [-0.2, -0.15) is 15.1 Å². The van der Waals surface area contributed by atoms with E-state index in [1.807, 2.05) is 0 Å². The van der Waals surface area contributed by atoms with Crippen molar-refractivity contribution in [3.8, 4) is 5.88 Å². The zero-order valence-corrected chi connectivity index (χ0v) is 7.40. The number of nitrogens with two attached hydrogens (primary N) is 1. The highest BCUT2D eigenvalue weighted by Gasteiger charge is 2.25. The molecule has 0 spiro atoms. The fourth-order valence-corrected chi connectivity index (χ4v) is 1.26. The summed E-state index contributed by atoms with van der Waals surface area (Å²) in [5.41, 5.74) is 6.15. The van der Waals surface area contributed by atoms with Crippen LogP contribution < -0.4 is 10.5 Å². The van der Waals surface area contributed by atoms with Crippen LogP contribution >= 0.6 is 0 Å². The van der Waals surface area contributed by atoms with E-state index in [-0.39, 0.29) is 5.95 Å². The van der Waals surface area contributed by atoms with Gasteiger partial charge in [-0.1, -0.05) is 0 Å². The topological polar surface area (TPSA) is 89.7 Å². The molecule has 72 valence electrons. The fraction of sp³-hybridized carbons (Fsp3) is 0.375. The van der Waals surface area contributed by atoms with Crippen LogP contribution in [0.1, 0.15) is 12.8 Å². The Morgan fingerprint density at radius 2 is 2.29 bits per heavy atom. The molecule has 0 atom stereocenters. The maximum absolute atomic E-state index is 5.59. The van der Waals surface area contributed by atoms with Gasteiger partial charge < -0.3 is 10.5 Å². The number of nitrogens with zero attached hydrogens (tertiary/aromatic N) is 3. The molecule has 1 saturated carbocycles. The Labute approximate surface area is 79.5 Å². The van der Waals surface area contributed by atoms with Gasteiger partial charge in [-0.15, -0.1) is 0 Å². The van der Waals surface area contributed by atoms with E-state index < -0.39 is 0 Å². The Bertz CT molecular complexity index is 476. The van der Waals surface area contributed by atoms with Crippen LogP contribution in [0.25, 0.3) is 11.0 Å². The molecule has 0 aliphatic heterocycles. The normalized spacial score (nSPS) is 16.0. The van der Waals surface area contributed by atoms with E-state index >= 15 is 0 Å². The molecule has 2 aromatic heterocycles. The quantitative estimate of drug-likeness (QED) is 0.720. The van der Waals surface area contributed by atoms with E-state index in [0.29, 0.717) is 17.6 Å². The molecule has 0 unspecified atom stereocenters. The molecule has 0 aromatic carbocycles. The van der Waals surface area contributed by atoms with Crippen molar-refractivity contribution in [3.63, 3.8) is 0 Å². The van der Waals surface area contributed by atoms with Crippen LogP contribution in [0.3, 0.4) is 0 Å². The average Bonchev–Trinajstić information content (AvgIpc) is 2.81. The number of fused-ring (bicyclic) bond motifs is 1. The van der Waals surface area contributed by atoms with E-state index in [9.17, 15) is 0 Å². The number of nitrogens with one attached hydrogen (secondary N) is 1. The van der Waals surface area contributed by atoms with Gasteiger partial charge in [0.15, 0.2) is 5.65 Å². The number of ether oxygens (including phenoxy) is 1. The molecule has 3 N–H and O–H groups in total. The van der Waals surface area contributed by atoms with Crippen molar-refractivity contribution in [2.75, 3.05) is 5.73 Å². The van der Waals surface area contributed by atoms with Crippen molar-refractivity contribution < 1.29 is 4.74 Å². The van der Waals surface area contributed by atoms with Crippen LogP contribution in [0.5, 0.6) is 5.88 Å². The second-order valence-electron chi connectivity index (χ2n) is 3.34. The maximum atomic E-state index is 5.59. The highest BCUT2D eigenvalue weighted by atomic mass is 16.5. The largest absolute Gasteiger partial charge is 0.474 e. The van der Waals surface area contributed by atoms with Crippen LogP contribution in [-0.2, 0) is 0 Å². The third-order valence-electron chi connectivity index (χ3n) is 2.09. The third-order valence-corrected chi connectivity index (χ3v) is 2.09. The van der Waals surface area contributed by atoms with Crippen LogP contribution in [0.4, 0.5) is 5.95 Å². The molecule has 1 fully saturated rings. The first-order valence-corrected chi connectivity index (χ1v) is 4.46. The summed E-state index contributed by atoms with van der Waals surface area (Å²) in [6, 6.07) is 0. The lowest BCUT2D eigenvalue weighted by atomic mass is 10.4. The smallest absolute Gasteiger partial charge is 0.229 e. The Morgan fingerprint density at radius 1 is 1.43 bits per heavy atom. The Hall–Kier alpha value is -1.85. The molecular weight excluding hydrogens is 182 g/mol. The summed E-state index contributed by atoms with van der Waals surface area (Å²) in [5.74, 6) is 0.737. The Balaban J connectivity index is 2.13. The predicted molar refractivity (Wildman–Crippen MR) is 49.7 cm³/mol. The molecule has 0 amide bonds.